The van der Waals surface area contributed by atoms with Crippen molar-refractivity contribution in [3.05, 3.63) is 30.1 Å². The average molecular weight is 210 g/mol. The number of nitrogens with zero attached hydrogens (tertiary/aromatic N) is 1. The van der Waals surface area contributed by atoms with Crippen LogP contribution in [0.3, 0.4) is 0 Å². The van der Waals surface area contributed by atoms with Gasteiger partial charge in [-0.05, 0) is 32.2 Å². The van der Waals surface area contributed by atoms with E-state index < -0.39 is 0 Å². The van der Waals surface area contributed by atoms with Crippen LogP contribution in [0, 0.1) is 0 Å². The minimum absolute atomic E-state index is 0.332. The monoisotopic (exact) mass is 210 g/mol. The minimum atomic E-state index is 0.332. The third-order valence-corrected chi connectivity index (χ3v) is 2.92. The summed E-state index contributed by atoms with van der Waals surface area (Å²) in [5, 5.41) is 3.51. The van der Waals surface area contributed by atoms with Gasteiger partial charge in [0.05, 0.1) is 5.69 Å². The lowest BCUT2D eigenvalue weighted by Crippen LogP contribution is -2.31. The van der Waals surface area contributed by atoms with Gasteiger partial charge in [-0.1, -0.05) is 6.07 Å². The molecule has 0 saturated carbocycles. The number of aromatic nitrogens is 1. The first-order chi connectivity index (χ1) is 6.74. The van der Waals surface area contributed by atoms with Crippen molar-refractivity contribution in [2.24, 2.45) is 0 Å². The van der Waals surface area contributed by atoms with Gasteiger partial charge < -0.3 is 5.32 Å². The van der Waals surface area contributed by atoms with E-state index in [1.165, 1.54) is 0 Å². The topological polar surface area (TPSA) is 24.9 Å². The lowest BCUT2D eigenvalue weighted by Gasteiger charge is -2.18. The maximum Gasteiger partial charge on any atom is 0.0570 e. The van der Waals surface area contributed by atoms with E-state index in [2.05, 4.69) is 36.5 Å². The fraction of sp³-hybridized carbons (Fsp3) is 0.545. The van der Waals surface area contributed by atoms with Crippen LogP contribution in [0.25, 0.3) is 0 Å². The normalized spacial score (nSPS) is 15.1. The van der Waals surface area contributed by atoms with Gasteiger partial charge in [-0.15, -0.1) is 0 Å². The van der Waals surface area contributed by atoms with Crippen molar-refractivity contribution < 1.29 is 0 Å². The first-order valence-electron chi connectivity index (χ1n) is 4.90. The van der Waals surface area contributed by atoms with Gasteiger partial charge in [0.15, 0.2) is 0 Å². The Balaban J connectivity index is 2.46. The van der Waals surface area contributed by atoms with Gasteiger partial charge in [-0.2, -0.15) is 11.8 Å². The third kappa shape index (κ3) is 3.68. The Bertz CT molecular complexity index is 251. The molecular formula is C11H18N2S. The minimum Gasteiger partial charge on any atom is -0.306 e. The molecule has 3 heteroatoms. The van der Waals surface area contributed by atoms with E-state index in [0.717, 1.165) is 11.4 Å². The van der Waals surface area contributed by atoms with E-state index in [1.807, 2.05) is 30.1 Å². The maximum absolute atomic E-state index is 4.32. The number of thioether (sulfide) groups is 1. The Kier molecular flexibility index (Phi) is 4.98. The van der Waals surface area contributed by atoms with Crippen molar-refractivity contribution >= 4 is 11.8 Å². The van der Waals surface area contributed by atoms with Gasteiger partial charge >= 0.3 is 0 Å². The fourth-order valence-corrected chi connectivity index (χ4v) is 2.04. The Morgan fingerprint density at radius 3 is 2.79 bits per heavy atom. The molecular weight excluding hydrogens is 192 g/mol. The molecule has 0 fully saturated rings. The van der Waals surface area contributed by atoms with Gasteiger partial charge in [0.25, 0.3) is 0 Å². The summed E-state index contributed by atoms with van der Waals surface area (Å²) in [4.78, 5) is 4.32. The molecule has 0 amide bonds. The van der Waals surface area contributed by atoms with E-state index in [4.69, 9.17) is 0 Å². The smallest absolute Gasteiger partial charge is 0.0570 e. The van der Waals surface area contributed by atoms with E-state index >= 15 is 0 Å². The van der Waals surface area contributed by atoms with Gasteiger partial charge in [-0.3, -0.25) is 4.98 Å². The van der Waals surface area contributed by atoms with Crippen LogP contribution in [0.4, 0.5) is 0 Å². The summed E-state index contributed by atoms with van der Waals surface area (Å²) >= 11 is 1.86. The molecule has 0 spiro atoms. The second-order valence-electron chi connectivity index (χ2n) is 3.50. The molecule has 14 heavy (non-hydrogen) atoms. The quantitative estimate of drug-likeness (QED) is 0.808. The lowest BCUT2D eigenvalue weighted by atomic mass is 10.2. The Hall–Kier alpha value is -0.540. The van der Waals surface area contributed by atoms with Crippen LogP contribution in [0.2, 0.25) is 0 Å². The average Bonchev–Trinajstić information content (AvgIpc) is 2.19. The molecule has 2 nitrogen and oxygen atoms in total. The third-order valence-electron chi connectivity index (χ3n) is 2.08. The van der Waals surface area contributed by atoms with Crippen LogP contribution in [-0.2, 0) is 0 Å². The van der Waals surface area contributed by atoms with Crippen LogP contribution in [0.15, 0.2) is 24.4 Å². The summed E-state index contributed by atoms with van der Waals surface area (Å²) in [6.07, 6.45) is 3.97. The Labute approximate surface area is 90.5 Å². The van der Waals surface area contributed by atoms with Crippen LogP contribution in [0.5, 0.6) is 0 Å². The second-order valence-corrected chi connectivity index (χ2v) is 4.41. The van der Waals surface area contributed by atoms with Crippen LogP contribution >= 0.6 is 11.8 Å². The molecule has 0 aliphatic carbocycles. The zero-order valence-electron chi connectivity index (χ0n) is 9.03. The Morgan fingerprint density at radius 2 is 2.21 bits per heavy atom. The molecule has 0 saturated heterocycles. The molecule has 0 aromatic carbocycles. The number of hydrogen-bond donors (Lipinski definition) is 1. The molecule has 1 aromatic heterocycles. The summed E-state index contributed by atoms with van der Waals surface area (Å²) in [6, 6.07) is 6.89. The molecule has 0 aliphatic heterocycles. The first kappa shape index (κ1) is 11.5. The fourth-order valence-electron chi connectivity index (χ4n) is 1.44. The zero-order chi connectivity index (χ0) is 10.4. The largest absolute Gasteiger partial charge is 0.306 e. The molecule has 78 valence electrons. The molecule has 1 rings (SSSR count). The Morgan fingerprint density at radius 1 is 1.43 bits per heavy atom. The van der Waals surface area contributed by atoms with Crippen molar-refractivity contribution in [1.82, 2.24) is 10.3 Å². The summed E-state index contributed by atoms with van der Waals surface area (Å²) in [7, 11) is 0. The number of nitrogens with one attached hydrogen (secondary N) is 1. The molecule has 0 aliphatic rings. The highest BCUT2D eigenvalue weighted by Gasteiger charge is 2.08. The molecule has 0 radical (unpaired) electrons. The molecule has 0 bridgehead atoms. The highest BCUT2D eigenvalue weighted by Crippen LogP contribution is 2.09. The zero-order valence-corrected chi connectivity index (χ0v) is 9.84. The van der Waals surface area contributed by atoms with Gasteiger partial charge in [0.1, 0.15) is 0 Å². The predicted octanol–water partition coefficient (Wildman–Crippen LogP) is 2.48. The first-order valence-corrected chi connectivity index (χ1v) is 6.29. The van der Waals surface area contributed by atoms with E-state index in [9.17, 15) is 0 Å². The summed E-state index contributed by atoms with van der Waals surface area (Å²) in [6.45, 7) is 4.36. The summed E-state index contributed by atoms with van der Waals surface area (Å²) in [5.41, 5.74) is 1.11. The maximum atomic E-state index is 4.32. The van der Waals surface area contributed by atoms with Crippen molar-refractivity contribution in [2.75, 3.05) is 12.0 Å². The van der Waals surface area contributed by atoms with Gasteiger partial charge in [0.2, 0.25) is 0 Å². The molecule has 2 unspecified atom stereocenters. The SMILES string of the molecule is CSCC(C)NC(C)c1ccccn1. The second kappa shape index (κ2) is 6.04. The van der Waals surface area contributed by atoms with Crippen LogP contribution in [-0.4, -0.2) is 23.0 Å². The van der Waals surface area contributed by atoms with E-state index in [0.29, 0.717) is 12.1 Å². The van der Waals surface area contributed by atoms with Gasteiger partial charge in [-0.25, -0.2) is 0 Å². The number of rotatable bonds is 5. The molecule has 2 atom stereocenters. The van der Waals surface area contributed by atoms with Gasteiger partial charge in [0, 0.05) is 24.0 Å². The van der Waals surface area contributed by atoms with Crippen molar-refractivity contribution in [1.29, 1.82) is 0 Å². The highest BCUT2D eigenvalue weighted by atomic mass is 32.2. The molecule has 1 heterocycles. The van der Waals surface area contributed by atoms with Crippen molar-refractivity contribution in [3.8, 4) is 0 Å². The highest BCUT2D eigenvalue weighted by molar-refractivity contribution is 7.98. The number of pyridine rings is 1. The standard InChI is InChI=1S/C11H18N2S/c1-9(8-14-3)13-10(2)11-6-4-5-7-12-11/h4-7,9-10,13H,8H2,1-3H3. The summed E-state index contributed by atoms with van der Waals surface area (Å²) in [5.74, 6) is 1.14. The predicted molar refractivity (Wildman–Crippen MR) is 63.6 cm³/mol. The van der Waals surface area contributed by atoms with Crippen molar-refractivity contribution in [3.63, 3.8) is 0 Å². The van der Waals surface area contributed by atoms with E-state index in [-0.39, 0.29) is 0 Å². The number of hydrogen-bond acceptors (Lipinski definition) is 3. The van der Waals surface area contributed by atoms with Crippen LogP contribution in [0.1, 0.15) is 25.6 Å². The van der Waals surface area contributed by atoms with Crippen LogP contribution < -0.4 is 5.32 Å². The molecule has 1 N–H and O–H groups in total. The lowest BCUT2D eigenvalue weighted by molar-refractivity contribution is 0.502. The molecule has 1 aromatic rings. The van der Waals surface area contributed by atoms with E-state index in [1.54, 1.807) is 0 Å². The summed E-state index contributed by atoms with van der Waals surface area (Å²) < 4.78 is 0. The van der Waals surface area contributed by atoms with Crippen molar-refractivity contribution in [2.45, 2.75) is 25.9 Å².